The second-order valence-corrected chi connectivity index (χ2v) is 7.28. The number of methoxy groups -OCH3 is 1. The van der Waals surface area contributed by atoms with Gasteiger partial charge in [-0.1, -0.05) is 69.0 Å². The molecule has 0 unspecified atom stereocenters. The van der Waals surface area contributed by atoms with Crippen molar-refractivity contribution in [2.45, 2.75) is 77.6 Å². The van der Waals surface area contributed by atoms with Crippen LogP contribution in [0.3, 0.4) is 0 Å². The molecule has 0 fully saturated rings. The fraction of sp³-hybridized carbons (Fsp3) is 0.520. The fourth-order valence-corrected chi connectivity index (χ4v) is 3.09. The molecule has 0 radical (unpaired) electrons. The maximum Gasteiger partial charge on any atom is 0.305 e. The molecule has 1 rings (SSSR count). The molecule has 0 amide bonds. The van der Waals surface area contributed by atoms with Gasteiger partial charge in [0.05, 0.1) is 12.9 Å². The average Bonchev–Trinajstić information content (AvgIpc) is 2.73. The van der Waals surface area contributed by atoms with Gasteiger partial charge in [-0.3, -0.25) is 9.59 Å². The Morgan fingerprint density at radius 1 is 0.966 bits per heavy atom. The van der Waals surface area contributed by atoms with Crippen LogP contribution in [0.2, 0.25) is 0 Å². The molecule has 0 aliphatic rings. The summed E-state index contributed by atoms with van der Waals surface area (Å²) in [5.74, 6) is 0.178. The molecule has 0 saturated carbocycles. The number of hydrogen-bond acceptors (Lipinski definition) is 4. The van der Waals surface area contributed by atoms with Gasteiger partial charge >= 0.3 is 5.97 Å². The molecule has 29 heavy (non-hydrogen) atoms. The Morgan fingerprint density at radius 2 is 1.72 bits per heavy atom. The standard InChI is InChI=1S/C25H36O4/c1-3-4-5-6-7-8-16-22(26)17-11-9-14-21-15-10-12-18-23(21)24(27)19-13-20-25(28)29-2/h9-10,12,14-16,18,26H,3-8,11,13,17,19-20H2,1-2H3/b14-9+,22-16+. The smallest absolute Gasteiger partial charge is 0.305 e. The van der Waals surface area contributed by atoms with Crippen LogP contribution in [0.1, 0.15) is 93.5 Å². The number of aliphatic hydroxyl groups is 1. The van der Waals surface area contributed by atoms with Crippen molar-refractivity contribution in [3.05, 3.63) is 53.3 Å². The second kappa shape index (κ2) is 15.5. The second-order valence-electron chi connectivity index (χ2n) is 7.28. The van der Waals surface area contributed by atoms with E-state index in [0.717, 1.165) is 24.8 Å². The molecule has 1 aromatic carbocycles. The molecule has 0 bridgehead atoms. The Kier molecular flexibility index (Phi) is 13.2. The van der Waals surface area contributed by atoms with Crippen molar-refractivity contribution < 1.29 is 19.4 Å². The third-order valence-corrected chi connectivity index (χ3v) is 4.83. The van der Waals surface area contributed by atoms with Crippen molar-refractivity contribution >= 4 is 17.8 Å². The van der Waals surface area contributed by atoms with Crippen molar-refractivity contribution in [3.8, 4) is 0 Å². The van der Waals surface area contributed by atoms with Crippen molar-refractivity contribution in [3.63, 3.8) is 0 Å². The molecule has 160 valence electrons. The summed E-state index contributed by atoms with van der Waals surface area (Å²) < 4.78 is 4.61. The third kappa shape index (κ3) is 11.3. The number of carbonyl (C=O) groups excluding carboxylic acids is 2. The van der Waals surface area contributed by atoms with E-state index >= 15 is 0 Å². The van der Waals surface area contributed by atoms with E-state index in [-0.39, 0.29) is 18.2 Å². The van der Waals surface area contributed by atoms with Crippen LogP contribution in [0, 0.1) is 0 Å². The number of ketones is 1. The first-order valence-electron chi connectivity index (χ1n) is 10.8. The Bertz CT molecular complexity index is 673. The van der Waals surface area contributed by atoms with Crippen LogP contribution in [-0.4, -0.2) is 24.0 Å². The molecular formula is C25H36O4. The SMILES string of the molecule is CCCCCCC/C=C(/O)CC/C=C/c1ccccc1C(=O)CCCC(=O)OC. The van der Waals surface area contributed by atoms with Gasteiger partial charge in [-0.15, -0.1) is 0 Å². The summed E-state index contributed by atoms with van der Waals surface area (Å²) in [6.07, 6.45) is 15.3. The maximum absolute atomic E-state index is 12.5. The molecule has 4 nitrogen and oxygen atoms in total. The number of ether oxygens (including phenoxy) is 1. The molecule has 0 saturated heterocycles. The van der Waals surface area contributed by atoms with E-state index in [1.807, 2.05) is 42.5 Å². The first-order chi connectivity index (χ1) is 14.1. The van der Waals surface area contributed by atoms with Gasteiger partial charge in [-0.2, -0.15) is 0 Å². The van der Waals surface area contributed by atoms with E-state index in [1.54, 1.807) is 0 Å². The minimum Gasteiger partial charge on any atom is -0.513 e. The van der Waals surface area contributed by atoms with Gasteiger partial charge in [-0.25, -0.2) is 0 Å². The highest BCUT2D eigenvalue weighted by molar-refractivity contribution is 5.99. The van der Waals surface area contributed by atoms with Gasteiger partial charge in [0.2, 0.25) is 0 Å². The molecule has 1 N–H and O–H groups in total. The molecule has 0 aromatic heterocycles. The summed E-state index contributed by atoms with van der Waals surface area (Å²) in [5, 5.41) is 9.99. The third-order valence-electron chi connectivity index (χ3n) is 4.83. The minimum atomic E-state index is -0.292. The molecule has 0 atom stereocenters. The lowest BCUT2D eigenvalue weighted by Crippen LogP contribution is -2.05. The van der Waals surface area contributed by atoms with Crippen LogP contribution < -0.4 is 0 Å². The highest BCUT2D eigenvalue weighted by atomic mass is 16.5. The zero-order valence-electron chi connectivity index (χ0n) is 18.0. The van der Waals surface area contributed by atoms with Gasteiger partial charge in [-0.05, 0) is 37.3 Å². The zero-order valence-corrected chi connectivity index (χ0v) is 18.0. The lowest BCUT2D eigenvalue weighted by Gasteiger charge is -2.05. The van der Waals surface area contributed by atoms with Gasteiger partial charge < -0.3 is 9.84 Å². The summed E-state index contributed by atoms with van der Waals surface area (Å²) in [6.45, 7) is 2.21. The van der Waals surface area contributed by atoms with Crippen molar-refractivity contribution in [1.29, 1.82) is 0 Å². The first kappa shape index (κ1) is 24.7. The number of unbranched alkanes of at least 4 members (excludes halogenated alkanes) is 5. The number of hydrogen-bond donors (Lipinski definition) is 1. The topological polar surface area (TPSA) is 63.6 Å². The van der Waals surface area contributed by atoms with Gasteiger partial charge in [0.15, 0.2) is 5.78 Å². The van der Waals surface area contributed by atoms with E-state index in [9.17, 15) is 14.7 Å². The van der Waals surface area contributed by atoms with E-state index in [2.05, 4.69) is 11.7 Å². The van der Waals surface area contributed by atoms with E-state index in [0.29, 0.717) is 30.6 Å². The number of benzene rings is 1. The van der Waals surface area contributed by atoms with Crippen LogP contribution in [-0.2, 0) is 9.53 Å². The number of carbonyl (C=O) groups is 2. The zero-order chi connectivity index (χ0) is 21.3. The van der Waals surface area contributed by atoms with E-state index < -0.39 is 0 Å². The maximum atomic E-state index is 12.5. The van der Waals surface area contributed by atoms with Crippen LogP contribution in [0.25, 0.3) is 6.08 Å². The highest BCUT2D eigenvalue weighted by Gasteiger charge is 2.10. The van der Waals surface area contributed by atoms with Crippen LogP contribution in [0.15, 0.2) is 42.2 Å². The quantitative estimate of drug-likeness (QED) is 0.152. The predicted molar refractivity (Wildman–Crippen MR) is 119 cm³/mol. The monoisotopic (exact) mass is 400 g/mol. The van der Waals surface area contributed by atoms with Gasteiger partial charge in [0.25, 0.3) is 0 Å². The Balaban J connectivity index is 2.43. The predicted octanol–water partition coefficient (Wildman–Crippen LogP) is 6.81. The van der Waals surface area contributed by atoms with Gasteiger partial charge in [0.1, 0.15) is 0 Å². The number of rotatable bonds is 15. The van der Waals surface area contributed by atoms with Crippen LogP contribution in [0.4, 0.5) is 0 Å². The Labute approximate surface area is 175 Å². The minimum absolute atomic E-state index is 0.0277. The van der Waals surface area contributed by atoms with Crippen molar-refractivity contribution in [2.75, 3.05) is 7.11 Å². The first-order valence-corrected chi connectivity index (χ1v) is 10.8. The molecule has 0 aliphatic carbocycles. The highest BCUT2D eigenvalue weighted by Crippen LogP contribution is 2.16. The number of aliphatic hydroxyl groups excluding tert-OH is 1. The molecule has 0 heterocycles. The van der Waals surface area contributed by atoms with E-state index in [4.69, 9.17) is 0 Å². The normalized spacial score (nSPS) is 11.7. The summed E-state index contributed by atoms with van der Waals surface area (Å²) in [6, 6.07) is 7.48. The average molecular weight is 401 g/mol. The van der Waals surface area contributed by atoms with Crippen molar-refractivity contribution in [2.24, 2.45) is 0 Å². The summed E-state index contributed by atoms with van der Waals surface area (Å²) in [7, 11) is 1.35. The summed E-state index contributed by atoms with van der Waals surface area (Å²) in [4.78, 5) is 23.6. The Morgan fingerprint density at radius 3 is 2.48 bits per heavy atom. The van der Waals surface area contributed by atoms with Crippen LogP contribution >= 0.6 is 0 Å². The number of esters is 1. The van der Waals surface area contributed by atoms with Crippen molar-refractivity contribution in [1.82, 2.24) is 0 Å². The molecule has 1 aromatic rings. The van der Waals surface area contributed by atoms with E-state index in [1.165, 1.54) is 32.8 Å². The number of allylic oxidation sites excluding steroid dienone is 3. The van der Waals surface area contributed by atoms with Gasteiger partial charge in [0, 0.05) is 24.8 Å². The van der Waals surface area contributed by atoms with Crippen LogP contribution in [0.5, 0.6) is 0 Å². The lowest BCUT2D eigenvalue weighted by atomic mass is 9.99. The Hall–Kier alpha value is -2.36. The lowest BCUT2D eigenvalue weighted by molar-refractivity contribution is -0.140. The summed E-state index contributed by atoms with van der Waals surface area (Å²) in [5.41, 5.74) is 1.54. The number of Topliss-reactive ketones (excluding diaryl/α,β-unsaturated/α-hetero) is 1. The molecule has 0 aliphatic heterocycles. The molecular weight excluding hydrogens is 364 g/mol. The largest absolute Gasteiger partial charge is 0.513 e. The fourth-order valence-electron chi connectivity index (χ4n) is 3.09. The molecule has 0 spiro atoms. The summed E-state index contributed by atoms with van der Waals surface area (Å²) >= 11 is 0. The molecule has 4 heteroatoms.